The molecule has 0 saturated carbocycles. The standard InChI is InChI=1S/C27H27NO7S/c1-20-12-14-24(15-13-20)36(31,32)35-23-16-25(26(29)33-18-21-8-4-2-5-9-21)28(17-23)27(30)34-19-22-10-6-3-7-11-22/h2-15,23,25H,16-19H2,1H3/t23-,25+/m1/s1. The van der Waals surface area contributed by atoms with Gasteiger partial charge in [-0.25, -0.2) is 9.59 Å². The van der Waals surface area contributed by atoms with Gasteiger partial charge in [-0.05, 0) is 30.2 Å². The van der Waals surface area contributed by atoms with E-state index in [1.165, 1.54) is 17.0 Å². The third-order valence-electron chi connectivity index (χ3n) is 5.77. The Balaban J connectivity index is 1.47. The van der Waals surface area contributed by atoms with Crippen LogP contribution in [0.3, 0.4) is 0 Å². The Labute approximate surface area is 210 Å². The number of ether oxygens (including phenoxy) is 2. The maximum absolute atomic E-state index is 12.9. The zero-order valence-corrected chi connectivity index (χ0v) is 20.6. The molecule has 1 heterocycles. The topological polar surface area (TPSA) is 99.2 Å². The summed E-state index contributed by atoms with van der Waals surface area (Å²) in [6, 6.07) is 23.4. The van der Waals surface area contributed by atoms with Crippen LogP contribution in [0.5, 0.6) is 0 Å². The van der Waals surface area contributed by atoms with E-state index in [-0.39, 0.29) is 31.1 Å². The molecule has 3 aromatic rings. The number of carbonyl (C=O) groups is 2. The fourth-order valence-corrected chi connectivity index (χ4v) is 4.94. The van der Waals surface area contributed by atoms with Crippen LogP contribution in [0.4, 0.5) is 4.79 Å². The molecule has 8 nitrogen and oxygen atoms in total. The lowest BCUT2D eigenvalue weighted by atomic mass is 10.2. The molecule has 1 fully saturated rings. The number of benzene rings is 3. The van der Waals surface area contributed by atoms with Crippen LogP contribution in [0.1, 0.15) is 23.1 Å². The summed E-state index contributed by atoms with van der Waals surface area (Å²) < 4.78 is 41.9. The zero-order chi connectivity index (χ0) is 25.5. The molecule has 0 radical (unpaired) electrons. The number of nitrogens with zero attached hydrogens (tertiary/aromatic N) is 1. The maximum atomic E-state index is 12.9. The highest BCUT2D eigenvalue weighted by Gasteiger charge is 2.44. The molecule has 3 aromatic carbocycles. The van der Waals surface area contributed by atoms with Crippen molar-refractivity contribution in [3.8, 4) is 0 Å². The predicted octanol–water partition coefficient (Wildman–Crippen LogP) is 4.22. The van der Waals surface area contributed by atoms with Crippen LogP contribution in [-0.2, 0) is 41.8 Å². The molecule has 0 unspecified atom stereocenters. The van der Waals surface area contributed by atoms with Crippen molar-refractivity contribution < 1.29 is 31.7 Å². The van der Waals surface area contributed by atoms with Crippen LogP contribution in [0.15, 0.2) is 89.8 Å². The van der Waals surface area contributed by atoms with E-state index in [1.54, 1.807) is 12.1 Å². The minimum Gasteiger partial charge on any atom is -0.459 e. The van der Waals surface area contributed by atoms with E-state index in [0.717, 1.165) is 16.7 Å². The number of carbonyl (C=O) groups excluding carboxylic acids is 2. The van der Waals surface area contributed by atoms with Gasteiger partial charge in [0.1, 0.15) is 19.3 Å². The fourth-order valence-electron chi connectivity index (χ4n) is 3.86. The van der Waals surface area contributed by atoms with Crippen molar-refractivity contribution in [3.05, 3.63) is 102 Å². The zero-order valence-electron chi connectivity index (χ0n) is 19.8. The molecule has 0 spiro atoms. The van der Waals surface area contributed by atoms with Crippen molar-refractivity contribution in [2.24, 2.45) is 0 Å². The Morgan fingerprint density at radius 1 is 0.833 bits per heavy atom. The van der Waals surface area contributed by atoms with E-state index >= 15 is 0 Å². The van der Waals surface area contributed by atoms with Crippen LogP contribution in [0, 0.1) is 6.92 Å². The van der Waals surface area contributed by atoms with Crippen LogP contribution in [0.2, 0.25) is 0 Å². The first-order valence-electron chi connectivity index (χ1n) is 11.5. The van der Waals surface area contributed by atoms with Crippen LogP contribution in [-0.4, -0.2) is 44.1 Å². The van der Waals surface area contributed by atoms with Crippen molar-refractivity contribution in [2.45, 2.75) is 43.6 Å². The summed E-state index contributed by atoms with van der Waals surface area (Å²) in [5.74, 6) is -0.658. The molecule has 0 aliphatic carbocycles. The number of esters is 1. The largest absolute Gasteiger partial charge is 0.459 e. The van der Waals surface area contributed by atoms with Gasteiger partial charge in [0.2, 0.25) is 0 Å². The summed E-state index contributed by atoms with van der Waals surface area (Å²) >= 11 is 0. The molecule has 1 aliphatic rings. The minimum absolute atomic E-state index is 0.00130. The summed E-state index contributed by atoms with van der Waals surface area (Å²) in [7, 11) is -4.10. The number of rotatable bonds is 8. The second kappa shape index (κ2) is 11.4. The molecule has 0 aromatic heterocycles. The summed E-state index contributed by atoms with van der Waals surface area (Å²) in [5.41, 5.74) is 2.48. The van der Waals surface area contributed by atoms with Gasteiger partial charge in [0.15, 0.2) is 0 Å². The van der Waals surface area contributed by atoms with Gasteiger partial charge < -0.3 is 9.47 Å². The smallest absolute Gasteiger partial charge is 0.410 e. The Bertz CT molecular complexity index is 1220. The number of hydrogen-bond donors (Lipinski definition) is 0. The van der Waals surface area contributed by atoms with Crippen LogP contribution >= 0.6 is 0 Å². The first-order chi connectivity index (χ1) is 17.3. The van der Waals surface area contributed by atoms with Gasteiger partial charge in [-0.3, -0.25) is 9.08 Å². The van der Waals surface area contributed by atoms with Gasteiger partial charge in [-0.1, -0.05) is 78.4 Å². The highest BCUT2D eigenvalue weighted by Crippen LogP contribution is 2.27. The second-order valence-corrected chi connectivity index (χ2v) is 10.1. The summed E-state index contributed by atoms with van der Waals surface area (Å²) in [4.78, 5) is 27.0. The minimum atomic E-state index is -4.10. The molecule has 36 heavy (non-hydrogen) atoms. The molecule has 188 valence electrons. The molecule has 2 atom stereocenters. The first kappa shape index (κ1) is 25.4. The number of amides is 1. The van der Waals surface area contributed by atoms with E-state index in [1.807, 2.05) is 67.6 Å². The SMILES string of the molecule is Cc1ccc(S(=O)(=O)O[C@@H]2C[C@@H](C(=O)OCc3ccccc3)N(C(=O)OCc3ccccc3)C2)cc1. The maximum Gasteiger partial charge on any atom is 0.410 e. The molecule has 1 amide bonds. The lowest BCUT2D eigenvalue weighted by molar-refractivity contribution is -0.149. The van der Waals surface area contributed by atoms with E-state index < -0.39 is 34.3 Å². The molecular formula is C27H27NO7S. The molecule has 0 N–H and O–H groups in total. The molecular weight excluding hydrogens is 482 g/mol. The second-order valence-electron chi connectivity index (χ2n) is 8.52. The summed E-state index contributed by atoms with van der Waals surface area (Å²) in [5, 5.41) is 0. The first-order valence-corrected chi connectivity index (χ1v) is 12.9. The number of likely N-dealkylation sites (tertiary alicyclic amines) is 1. The highest BCUT2D eigenvalue weighted by molar-refractivity contribution is 7.86. The van der Waals surface area contributed by atoms with Crippen molar-refractivity contribution in [2.75, 3.05) is 6.54 Å². The Hall–Kier alpha value is -3.69. The molecule has 0 bridgehead atoms. The average molecular weight is 510 g/mol. The van der Waals surface area contributed by atoms with Gasteiger partial charge in [0, 0.05) is 6.42 Å². The molecule has 1 saturated heterocycles. The van der Waals surface area contributed by atoms with E-state index in [2.05, 4.69) is 0 Å². The van der Waals surface area contributed by atoms with Gasteiger partial charge in [-0.15, -0.1) is 0 Å². The van der Waals surface area contributed by atoms with Gasteiger partial charge in [-0.2, -0.15) is 8.42 Å². The lowest BCUT2D eigenvalue weighted by Crippen LogP contribution is -2.41. The quantitative estimate of drug-likeness (QED) is 0.331. The van der Waals surface area contributed by atoms with Crippen molar-refractivity contribution >= 4 is 22.2 Å². The van der Waals surface area contributed by atoms with Gasteiger partial charge in [0.05, 0.1) is 17.5 Å². The Morgan fingerprint density at radius 2 is 1.39 bits per heavy atom. The van der Waals surface area contributed by atoms with E-state index in [9.17, 15) is 18.0 Å². The summed E-state index contributed by atoms with van der Waals surface area (Å²) in [6.07, 6.45) is -1.73. The Morgan fingerprint density at radius 3 is 1.97 bits per heavy atom. The van der Waals surface area contributed by atoms with Crippen LogP contribution in [0.25, 0.3) is 0 Å². The fraction of sp³-hybridized carbons (Fsp3) is 0.259. The van der Waals surface area contributed by atoms with Crippen molar-refractivity contribution in [1.29, 1.82) is 0 Å². The monoisotopic (exact) mass is 509 g/mol. The number of hydrogen-bond acceptors (Lipinski definition) is 7. The predicted molar refractivity (Wildman–Crippen MR) is 131 cm³/mol. The van der Waals surface area contributed by atoms with Crippen molar-refractivity contribution in [1.82, 2.24) is 4.90 Å². The normalized spacial score (nSPS) is 17.5. The number of aryl methyl sites for hydroxylation is 1. The molecule has 1 aliphatic heterocycles. The average Bonchev–Trinajstić information content (AvgIpc) is 3.30. The lowest BCUT2D eigenvalue weighted by Gasteiger charge is -2.22. The van der Waals surface area contributed by atoms with Crippen molar-refractivity contribution in [3.63, 3.8) is 0 Å². The molecule has 4 rings (SSSR count). The van der Waals surface area contributed by atoms with Gasteiger partial charge in [0.25, 0.3) is 10.1 Å². The van der Waals surface area contributed by atoms with Crippen LogP contribution < -0.4 is 0 Å². The van der Waals surface area contributed by atoms with E-state index in [0.29, 0.717) is 0 Å². The third-order valence-corrected chi connectivity index (χ3v) is 7.15. The van der Waals surface area contributed by atoms with Gasteiger partial charge >= 0.3 is 12.1 Å². The summed E-state index contributed by atoms with van der Waals surface area (Å²) in [6.45, 7) is 1.74. The highest BCUT2D eigenvalue weighted by atomic mass is 32.2. The molecule has 9 heteroatoms. The van der Waals surface area contributed by atoms with E-state index in [4.69, 9.17) is 13.7 Å². The third kappa shape index (κ3) is 6.50. The Kier molecular flexibility index (Phi) is 8.02.